The Bertz CT molecular complexity index is 429. The van der Waals surface area contributed by atoms with Crippen molar-refractivity contribution in [3.63, 3.8) is 0 Å². The van der Waals surface area contributed by atoms with Crippen LogP contribution in [0, 0.1) is 6.92 Å². The highest BCUT2D eigenvalue weighted by atomic mass is 15.0. The number of nitrogens with two attached hydrogens (primary N) is 1. The molecular weight excluding hydrogens is 150 g/mol. The molecule has 0 spiro atoms. The molecule has 12 heavy (non-hydrogen) atoms. The highest BCUT2D eigenvalue weighted by molar-refractivity contribution is 5.78. The quantitative estimate of drug-likeness (QED) is 0.635. The molecule has 2 heterocycles. The number of rotatable bonds is 0. The van der Waals surface area contributed by atoms with Crippen LogP contribution in [0.4, 0.5) is 5.82 Å². The van der Waals surface area contributed by atoms with Crippen molar-refractivity contribution in [2.45, 2.75) is 6.92 Å². The molecule has 2 rings (SSSR count). The molecule has 2 aromatic rings. The van der Waals surface area contributed by atoms with Crippen LogP contribution >= 0.6 is 0 Å². The van der Waals surface area contributed by atoms with Gasteiger partial charge in [-0.05, 0) is 25.1 Å². The molecule has 0 atom stereocenters. The van der Waals surface area contributed by atoms with Gasteiger partial charge in [0.05, 0.1) is 11.0 Å². The van der Waals surface area contributed by atoms with Crippen molar-refractivity contribution in [1.29, 1.82) is 0 Å². The Hall–Kier alpha value is -1.51. The Balaban J connectivity index is 2.87. The van der Waals surface area contributed by atoms with Gasteiger partial charge in [-0.25, -0.2) is 4.98 Å². The smallest absolute Gasteiger partial charge is 0.124 e. The largest absolute Gasteiger partial charge is 0.384 e. The lowest BCUT2D eigenvalue weighted by Gasteiger charge is -1.97. The van der Waals surface area contributed by atoms with Crippen LogP contribution in [-0.4, -0.2) is 9.55 Å². The normalized spacial score (nSPS) is 10.8. The molecule has 2 aromatic heterocycles. The first-order valence-corrected chi connectivity index (χ1v) is 3.87. The summed E-state index contributed by atoms with van der Waals surface area (Å²) in [6, 6.07) is 5.85. The number of hydrogen-bond acceptors (Lipinski definition) is 2. The van der Waals surface area contributed by atoms with E-state index in [0.29, 0.717) is 5.82 Å². The van der Waals surface area contributed by atoms with Gasteiger partial charge in [0.25, 0.3) is 0 Å². The maximum atomic E-state index is 5.56. The number of aromatic nitrogens is 2. The van der Waals surface area contributed by atoms with E-state index in [9.17, 15) is 0 Å². The van der Waals surface area contributed by atoms with Crippen LogP contribution in [0.25, 0.3) is 11.0 Å². The molecule has 0 aliphatic heterocycles. The van der Waals surface area contributed by atoms with Gasteiger partial charge in [-0.3, -0.25) is 0 Å². The van der Waals surface area contributed by atoms with Gasteiger partial charge in [0, 0.05) is 12.7 Å². The number of anilines is 1. The lowest BCUT2D eigenvalue weighted by Crippen LogP contribution is -1.91. The Morgan fingerprint density at radius 2 is 2.17 bits per heavy atom. The zero-order valence-electron chi connectivity index (χ0n) is 7.20. The van der Waals surface area contributed by atoms with Gasteiger partial charge in [-0.1, -0.05) is 0 Å². The maximum absolute atomic E-state index is 5.56. The first-order valence-electron chi connectivity index (χ1n) is 3.87. The fourth-order valence-electron chi connectivity index (χ4n) is 1.36. The van der Waals surface area contributed by atoms with Crippen LogP contribution in [0.5, 0.6) is 0 Å². The minimum atomic E-state index is 0.577. The monoisotopic (exact) mass is 161 g/mol. The second-order valence-corrected chi connectivity index (χ2v) is 2.99. The van der Waals surface area contributed by atoms with E-state index in [1.807, 2.05) is 25.2 Å². The maximum Gasteiger partial charge on any atom is 0.124 e. The van der Waals surface area contributed by atoms with Crippen molar-refractivity contribution in [1.82, 2.24) is 9.55 Å². The molecule has 0 aliphatic carbocycles. The summed E-state index contributed by atoms with van der Waals surface area (Å²) in [7, 11) is 2.02. The molecule has 3 nitrogen and oxygen atoms in total. The van der Waals surface area contributed by atoms with Crippen molar-refractivity contribution in [3.05, 3.63) is 23.9 Å². The molecule has 3 heteroatoms. The molecule has 2 N–H and O–H groups in total. The summed E-state index contributed by atoms with van der Waals surface area (Å²) in [5.74, 6) is 0.577. The predicted octanol–water partition coefficient (Wildman–Crippen LogP) is 1.46. The molecule has 0 aliphatic rings. The van der Waals surface area contributed by atoms with Crippen LogP contribution < -0.4 is 5.73 Å². The third kappa shape index (κ3) is 0.863. The highest BCUT2D eigenvalue weighted by Gasteiger charge is 2.02. The average Bonchev–Trinajstić information content (AvgIpc) is 2.28. The number of pyridine rings is 1. The van der Waals surface area contributed by atoms with Crippen LogP contribution in [0.15, 0.2) is 18.2 Å². The van der Waals surface area contributed by atoms with E-state index in [2.05, 4.69) is 16.5 Å². The molecule has 0 fully saturated rings. The van der Waals surface area contributed by atoms with Crippen molar-refractivity contribution in [3.8, 4) is 0 Å². The van der Waals surface area contributed by atoms with Gasteiger partial charge >= 0.3 is 0 Å². The van der Waals surface area contributed by atoms with Crippen LogP contribution in [0.3, 0.4) is 0 Å². The number of nitrogens with zero attached hydrogens (tertiary/aromatic N) is 2. The Morgan fingerprint density at radius 3 is 2.92 bits per heavy atom. The van der Waals surface area contributed by atoms with Gasteiger partial charge in [0.2, 0.25) is 0 Å². The molecule has 0 aromatic carbocycles. The van der Waals surface area contributed by atoms with Crippen LogP contribution in [0.1, 0.15) is 5.69 Å². The second-order valence-electron chi connectivity index (χ2n) is 2.99. The van der Waals surface area contributed by atoms with Gasteiger partial charge in [0.1, 0.15) is 5.82 Å². The number of hydrogen-bond donors (Lipinski definition) is 1. The number of aryl methyl sites for hydroxylation is 2. The zero-order valence-corrected chi connectivity index (χ0v) is 7.20. The summed E-state index contributed by atoms with van der Waals surface area (Å²) in [6.07, 6.45) is 0. The number of nitrogen functional groups attached to an aromatic ring is 1. The summed E-state index contributed by atoms with van der Waals surface area (Å²) in [6.45, 7) is 2.05. The van der Waals surface area contributed by atoms with Crippen LogP contribution in [0.2, 0.25) is 0 Å². The molecule has 0 amide bonds. The molecule has 0 unspecified atom stereocenters. The summed E-state index contributed by atoms with van der Waals surface area (Å²) >= 11 is 0. The molecule has 0 bridgehead atoms. The lowest BCUT2D eigenvalue weighted by atomic mass is 10.3. The summed E-state index contributed by atoms with van der Waals surface area (Å²) < 4.78 is 2.10. The molecule has 0 saturated carbocycles. The Morgan fingerprint density at radius 1 is 1.42 bits per heavy atom. The molecule has 0 saturated heterocycles. The average molecular weight is 161 g/mol. The van der Waals surface area contributed by atoms with Gasteiger partial charge in [-0.2, -0.15) is 0 Å². The summed E-state index contributed by atoms with van der Waals surface area (Å²) in [5, 5.41) is 0. The van der Waals surface area contributed by atoms with E-state index in [0.717, 1.165) is 11.0 Å². The van der Waals surface area contributed by atoms with E-state index in [-0.39, 0.29) is 0 Å². The second kappa shape index (κ2) is 2.24. The van der Waals surface area contributed by atoms with E-state index in [1.165, 1.54) is 5.69 Å². The van der Waals surface area contributed by atoms with Crippen molar-refractivity contribution >= 4 is 16.9 Å². The SMILES string of the molecule is Cc1cc2nc(N)ccc2n1C. The van der Waals surface area contributed by atoms with Crippen LogP contribution in [-0.2, 0) is 7.05 Å². The van der Waals surface area contributed by atoms with E-state index >= 15 is 0 Å². The van der Waals surface area contributed by atoms with E-state index in [4.69, 9.17) is 5.73 Å². The molecule has 0 radical (unpaired) electrons. The topological polar surface area (TPSA) is 43.8 Å². The van der Waals surface area contributed by atoms with E-state index < -0.39 is 0 Å². The standard InChI is InChI=1S/C9H11N3/c1-6-5-7-8(12(6)2)3-4-9(10)11-7/h3-5H,1-2H3,(H2,10,11). The first-order chi connectivity index (χ1) is 5.68. The number of fused-ring (bicyclic) bond motifs is 1. The van der Waals surface area contributed by atoms with Gasteiger partial charge in [0.15, 0.2) is 0 Å². The zero-order chi connectivity index (χ0) is 8.72. The summed E-state index contributed by atoms with van der Waals surface area (Å²) in [5.41, 5.74) is 8.85. The third-order valence-corrected chi connectivity index (χ3v) is 2.16. The first kappa shape index (κ1) is 7.16. The Labute approximate surface area is 70.8 Å². The van der Waals surface area contributed by atoms with E-state index in [1.54, 1.807) is 0 Å². The fraction of sp³-hybridized carbons (Fsp3) is 0.222. The molecule has 62 valence electrons. The van der Waals surface area contributed by atoms with Gasteiger partial charge in [-0.15, -0.1) is 0 Å². The Kier molecular flexibility index (Phi) is 1.33. The third-order valence-electron chi connectivity index (χ3n) is 2.16. The fourth-order valence-corrected chi connectivity index (χ4v) is 1.36. The van der Waals surface area contributed by atoms with Crippen molar-refractivity contribution in [2.75, 3.05) is 5.73 Å². The lowest BCUT2D eigenvalue weighted by molar-refractivity contribution is 0.918. The van der Waals surface area contributed by atoms with Crippen molar-refractivity contribution < 1.29 is 0 Å². The summed E-state index contributed by atoms with van der Waals surface area (Å²) in [4.78, 5) is 4.21. The minimum Gasteiger partial charge on any atom is -0.384 e. The minimum absolute atomic E-state index is 0.577. The highest BCUT2D eigenvalue weighted by Crippen LogP contribution is 2.16. The predicted molar refractivity (Wildman–Crippen MR) is 49.9 cm³/mol. The molecular formula is C9H11N3. The van der Waals surface area contributed by atoms with Gasteiger partial charge < -0.3 is 10.3 Å². The van der Waals surface area contributed by atoms with Crippen molar-refractivity contribution in [2.24, 2.45) is 7.05 Å².